The number of hydrogen-bond acceptors (Lipinski definition) is 3. The Kier molecular flexibility index (Phi) is 3.97. The number of aryl methyl sites for hydroxylation is 1. The van der Waals surface area contributed by atoms with Crippen LogP contribution in [0.4, 0.5) is 5.69 Å². The Morgan fingerprint density at radius 3 is 2.86 bits per heavy atom. The van der Waals surface area contributed by atoms with E-state index in [1.165, 1.54) is 10.2 Å². The summed E-state index contributed by atoms with van der Waals surface area (Å²) in [5.41, 5.74) is 1.73. The lowest BCUT2D eigenvalue weighted by atomic mass is 10.1. The van der Waals surface area contributed by atoms with E-state index in [1.54, 1.807) is 6.20 Å². The number of halogens is 1. The molecule has 0 spiro atoms. The van der Waals surface area contributed by atoms with Crippen LogP contribution in [-0.2, 0) is 6.54 Å². The summed E-state index contributed by atoms with van der Waals surface area (Å²) in [5.74, 6) is 0.486. The molecule has 2 aromatic rings. The summed E-state index contributed by atoms with van der Waals surface area (Å²) in [5, 5.41) is 7.73. The average molecular weight is 304 g/mol. The minimum absolute atomic E-state index is 0.222. The van der Waals surface area contributed by atoms with Crippen molar-refractivity contribution in [2.45, 2.75) is 38.3 Å². The number of hydrogen-bond donors (Lipinski definition) is 1. The number of rotatable bonds is 5. The number of aromatic nitrogens is 2. The highest BCUT2D eigenvalue weighted by molar-refractivity contribution is 6.32. The number of anilines is 1. The molecule has 0 saturated heterocycles. The monoisotopic (exact) mass is 303 g/mol. The first kappa shape index (κ1) is 14.1. The van der Waals surface area contributed by atoms with Gasteiger partial charge in [-0.3, -0.25) is 4.79 Å². The lowest BCUT2D eigenvalue weighted by Crippen LogP contribution is -2.24. The molecule has 2 unspecified atom stereocenters. The minimum Gasteiger partial charge on any atom is -0.379 e. The molecule has 0 bridgehead atoms. The average Bonchev–Trinajstić information content (AvgIpc) is 3.27. The van der Waals surface area contributed by atoms with Crippen LogP contribution in [0.25, 0.3) is 0 Å². The molecule has 2 atom stereocenters. The quantitative estimate of drug-likeness (QED) is 0.922. The van der Waals surface area contributed by atoms with Crippen LogP contribution in [-0.4, -0.2) is 15.8 Å². The zero-order chi connectivity index (χ0) is 14.8. The second-order valence-corrected chi connectivity index (χ2v) is 5.78. The second-order valence-electron chi connectivity index (χ2n) is 5.40. The van der Waals surface area contributed by atoms with Crippen LogP contribution in [0, 0.1) is 0 Å². The maximum Gasteiger partial charge on any atom is 0.287 e. The third-order valence-corrected chi connectivity index (χ3v) is 4.14. The highest BCUT2D eigenvalue weighted by atomic mass is 35.5. The van der Waals surface area contributed by atoms with Crippen molar-refractivity contribution in [3.63, 3.8) is 0 Å². The third-order valence-electron chi connectivity index (χ3n) is 3.78. The molecule has 110 valence electrons. The summed E-state index contributed by atoms with van der Waals surface area (Å²) >= 11 is 6.16. The molecule has 0 aliphatic heterocycles. The van der Waals surface area contributed by atoms with E-state index in [-0.39, 0.29) is 10.6 Å². The molecule has 0 amide bonds. The largest absolute Gasteiger partial charge is 0.379 e. The van der Waals surface area contributed by atoms with E-state index in [0.717, 1.165) is 12.8 Å². The lowest BCUT2D eigenvalue weighted by Gasteiger charge is -2.09. The van der Waals surface area contributed by atoms with Crippen molar-refractivity contribution in [1.82, 2.24) is 9.78 Å². The maximum atomic E-state index is 12.1. The van der Waals surface area contributed by atoms with Gasteiger partial charge in [-0.1, -0.05) is 48.9 Å². The molecule has 1 N–H and O–H groups in total. The smallest absolute Gasteiger partial charge is 0.287 e. The van der Waals surface area contributed by atoms with Gasteiger partial charge in [0.1, 0.15) is 5.02 Å². The summed E-state index contributed by atoms with van der Waals surface area (Å²) in [6.07, 6.45) is 3.56. The van der Waals surface area contributed by atoms with E-state index >= 15 is 0 Å². The molecule has 1 aromatic heterocycles. The van der Waals surface area contributed by atoms with Gasteiger partial charge in [0.05, 0.1) is 11.9 Å². The van der Waals surface area contributed by atoms with Gasteiger partial charge in [0.25, 0.3) is 5.56 Å². The Morgan fingerprint density at radius 1 is 1.38 bits per heavy atom. The van der Waals surface area contributed by atoms with Gasteiger partial charge >= 0.3 is 0 Å². The molecular weight excluding hydrogens is 286 g/mol. The fraction of sp³-hybridized carbons (Fsp3) is 0.375. The molecular formula is C16H18ClN3O. The summed E-state index contributed by atoms with van der Waals surface area (Å²) in [6, 6.07) is 10.7. The lowest BCUT2D eigenvalue weighted by molar-refractivity contribution is 0.568. The van der Waals surface area contributed by atoms with Gasteiger partial charge in [0.15, 0.2) is 0 Å². The third kappa shape index (κ3) is 2.95. The molecule has 3 rings (SSSR count). The van der Waals surface area contributed by atoms with Crippen LogP contribution in [0.15, 0.2) is 41.3 Å². The Morgan fingerprint density at radius 2 is 2.14 bits per heavy atom. The van der Waals surface area contributed by atoms with Crippen LogP contribution < -0.4 is 10.9 Å². The number of nitrogens with zero attached hydrogens (tertiary/aromatic N) is 2. The van der Waals surface area contributed by atoms with E-state index in [0.29, 0.717) is 24.2 Å². The van der Waals surface area contributed by atoms with E-state index < -0.39 is 0 Å². The molecule has 4 nitrogen and oxygen atoms in total. The zero-order valence-electron chi connectivity index (χ0n) is 11.9. The molecule has 1 aliphatic rings. The molecule has 1 aliphatic carbocycles. The van der Waals surface area contributed by atoms with E-state index in [1.807, 2.05) is 25.1 Å². The highest BCUT2D eigenvalue weighted by Crippen LogP contribution is 2.43. The Hall–Kier alpha value is -1.81. The predicted octanol–water partition coefficient (Wildman–Crippen LogP) is 3.27. The van der Waals surface area contributed by atoms with Crippen molar-refractivity contribution >= 4 is 17.3 Å². The fourth-order valence-electron chi connectivity index (χ4n) is 2.56. The minimum atomic E-state index is -0.222. The van der Waals surface area contributed by atoms with Crippen molar-refractivity contribution < 1.29 is 0 Å². The van der Waals surface area contributed by atoms with Crippen LogP contribution in [0.3, 0.4) is 0 Å². The van der Waals surface area contributed by atoms with E-state index in [9.17, 15) is 4.79 Å². The normalized spacial score (nSPS) is 20.3. The summed E-state index contributed by atoms with van der Waals surface area (Å²) in [7, 11) is 0. The van der Waals surface area contributed by atoms with Crippen molar-refractivity contribution in [3.8, 4) is 0 Å². The van der Waals surface area contributed by atoms with E-state index in [2.05, 4.69) is 22.5 Å². The first-order chi connectivity index (χ1) is 10.2. The summed E-state index contributed by atoms with van der Waals surface area (Å²) < 4.78 is 1.41. The van der Waals surface area contributed by atoms with Gasteiger partial charge in [-0.15, -0.1) is 0 Å². The standard InChI is InChI=1S/C16H18ClN3O/c1-2-8-20-16(21)15(17)14(10-18-20)19-13-9-12(13)11-6-4-3-5-7-11/h3-7,10,12-13,19H,2,8-9H2,1H3. The molecule has 21 heavy (non-hydrogen) atoms. The van der Waals surface area contributed by atoms with Crippen molar-refractivity contribution in [3.05, 3.63) is 57.5 Å². The first-order valence-electron chi connectivity index (χ1n) is 7.27. The zero-order valence-corrected chi connectivity index (χ0v) is 12.7. The Balaban J connectivity index is 1.73. The molecule has 1 saturated carbocycles. The first-order valence-corrected chi connectivity index (χ1v) is 7.65. The van der Waals surface area contributed by atoms with Crippen LogP contribution >= 0.6 is 11.6 Å². The SMILES string of the molecule is CCCn1ncc(NC2CC2c2ccccc2)c(Cl)c1=O. The molecule has 0 radical (unpaired) electrons. The van der Waals surface area contributed by atoms with Gasteiger partial charge in [-0.25, -0.2) is 4.68 Å². The molecule has 1 heterocycles. The van der Waals surface area contributed by atoms with Crippen LogP contribution in [0.5, 0.6) is 0 Å². The fourth-order valence-corrected chi connectivity index (χ4v) is 2.76. The highest BCUT2D eigenvalue weighted by Gasteiger charge is 2.38. The Bertz CT molecular complexity index is 684. The van der Waals surface area contributed by atoms with Gasteiger partial charge in [-0.2, -0.15) is 5.10 Å². The number of benzene rings is 1. The molecule has 1 fully saturated rings. The van der Waals surface area contributed by atoms with E-state index in [4.69, 9.17) is 11.6 Å². The van der Waals surface area contributed by atoms with Crippen LogP contribution in [0.1, 0.15) is 31.2 Å². The predicted molar refractivity (Wildman–Crippen MR) is 85.0 cm³/mol. The maximum absolute atomic E-state index is 12.1. The van der Waals surface area contributed by atoms with Crippen molar-refractivity contribution in [1.29, 1.82) is 0 Å². The van der Waals surface area contributed by atoms with Crippen molar-refractivity contribution in [2.75, 3.05) is 5.32 Å². The molecule has 5 heteroatoms. The van der Waals surface area contributed by atoms with Crippen molar-refractivity contribution in [2.24, 2.45) is 0 Å². The second kappa shape index (κ2) is 5.90. The molecule has 1 aromatic carbocycles. The number of nitrogens with one attached hydrogen (secondary N) is 1. The summed E-state index contributed by atoms with van der Waals surface area (Å²) in [6.45, 7) is 2.59. The van der Waals surface area contributed by atoms with Crippen LogP contribution in [0.2, 0.25) is 5.02 Å². The van der Waals surface area contributed by atoms with Gasteiger partial charge in [0, 0.05) is 18.5 Å². The summed E-state index contributed by atoms with van der Waals surface area (Å²) in [4.78, 5) is 12.1. The van der Waals surface area contributed by atoms with Gasteiger partial charge in [0.2, 0.25) is 0 Å². The van der Waals surface area contributed by atoms with Gasteiger partial charge < -0.3 is 5.32 Å². The van der Waals surface area contributed by atoms with Gasteiger partial charge in [-0.05, 0) is 18.4 Å². The topological polar surface area (TPSA) is 46.9 Å². The Labute approximate surface area is 128 Å².